The Labute approximate surface area is 86.0 Å². The van der Waals surface area contributed by atoms with E-state index in [-0.39, 0.29) is 0 Å². The SMILES string of the molecule is CCNCC(O)c1cc(C)cc(C)c1. The maximum Gasteiger partial charge on any atom is 0.0914 e. The molecule has 0 aromatic heterocycles. The summed E-state index contributed by atoms with van der Waals surface area (Å²) in [6.45, 7) is 7.66. The molecule has 0 saturated heterocycles. The van der Waals surface area contributed by atoms with Crippen molar-refractivity contribution in [2.45, 2.75) is 26.9 Å². The highest BCUT2D eigenvalue weighted by atomic mass is 16.3. The van der Waals surface area contributed by atoms with Crippen molar-refractivity contribution in [2.75, 3.05) is 13.1 Å². The maximum atomic E-state index is 9.84. The second kappa shape index (κ2) is 5.13. The Hall–Kier alpha value is -0.860. The summed E-state index contributed by atoms with van der Waals surface area (Å²) in [5.41, 5.74) is 3.41. The highest BCUT2D eigenvalue weighted by molar-refractivity contribution is 5.30. The van der Waals surface area contributed by atoms with Crippen LogP contribution in [0.4, 0.5) is 0 Å². The minimum Gasteiger partial charge on any atom is -0.387 e. The number of likely N-dealkylation sites (N-methyl/N-ethyl adjacent to an activating group) is 1. The van der Waals surface area contributed by atoms with Crippen LogP contribution in [-0.2, 0) is 0 Å². The lowest BCUT2D eigenvalue weighted by atomic mass is 10.0. The molecule has 0 heterocycles. The van der Waals surface area contributed by atoms with E-state index in [0.29, 0.717) is 6.54 Å². The van der Waals surface area contributed by atoms with E-state index in [1.165, 1.54) is 11.1 Å². The average molecular weight is 193 g/mol. The van der Waals surface area contributed by atoms with Gasteiger partial charge in [0.05, 0.1) is 6.10 Å². The van der Waals surface area contributed by atoms with Crippen molar-refractivity contribution in [3.8, 4) is 0 Å². The smallest absolute Gasteiger partial charge is 0.0914 e. The van der Waals surface area contributed by atoms with Crippen LogP contribution in [0.3, 0.4) is 0 Å². The van der Waals surface area contributed by atoms with Crippen LogP contribution in [-0.4, -0.2) is 18.2 Å². The Morgan fingerprint density at radius 2 is 1.79 bits per heavy atom. The quantitative estimate of drug-likeness (QED) is 0.766. The minimum atomic E-state index is -0.395. The molecule has 0 bridgehead atoms. The van der Waals surface area contributed by atoms with Crippen molar-refractivity contribution in [3.63, 3.8) is 0 Å². The lowest BCUT2D eigenvalue weighted by Gasteiger charge is -2.12. The summed E-state index contributed by atoms with van der Waals surface area (Å²) in [7, 11) is 0. The number of hydrogen-bond acceptors (Lipinski definition) is 2. The number of rotatable bonds is 4. The molecule has 0 radical (unpaired) electrons. The average Bonchev–Trinajstić information content (AvgIpc) is 2.12. The minimum absolute atomic E-state index is 0.395. The van der Waals surface area contributed by atoms with Gasteiger partial charge in [0.25, 0.3) is 0 Å². The monoisotopic (exact) mass is 193 g/mol. The van der Waals surface area contributed by atoms with Crippen molar-refractivity contribution in [3.05, 3.63) is 34.9 Å². The molecule has 1 rings (SSSR count). The summed E-state index contributed by atoms with van der Waals surface area (Å²) in [6, 6.07) is 6.19. The summed E-state index contributed by atoms with van der Waals surface area (Å²) < 4.78 is 0. The molecule has 0 amide bonds. The summed E-state index contributed by atoms with van der Waals surface area (Å²) in [6.07, 6.45) is -0.395. The standard InChI is InChI=1S/C12H19NO/c1-4-13-8-12(14)11-6-9(2)5-10(3)7-11/h5-7,12-14H,4,8H2,1-3H3. The normalized spacial score (nSPS) is 12.9. The molecule has 78 valence electrons. The van der Waals surface area contributed by atoms with Gasteiger partial charge in [0.15, 0.2) is 0 Å². The van der Waals surface area contributed by atoms with Gasteiger partial charge in [-0.05, 0) is 26.0 Å². The largest absolute Gasteiger partial charge is 0.387 e. The fourth-order valence-corrected chi connectivity index (χ4v) is 1.60. The summed E-state index contributed by atoms with van der Waals surface area (Å²) >= 11 is 0. The van der Waals surface area contributed by atoms with Crippen LogP contribution in [0.2, 0.25) is 0 Å². The molecule has 2 nitrogen and oxygen atoms in total. The summed E-state index contributed by atoms with van der Waals surface area (Å²) in [5.74, 6) is 0. The first kappa shape index (κ1) is 11.2. The van der Waals surface area contributed by atoms with Gasteiger partial charge in [-0.25, -0.2) is 0 Å². The van der Waals surface area contributed by atoms with Gasteiger partial charge in [-0.1, -0.05) is 36.2 Å². The van der Waals surface area contributed by atoms with E-state index in [9.17, 15) is 5.11 Å². The van der Waals surface area contributed by atoms with Gasteiger partial charge in [-0.3, -0.25) is 0 Å². The zero-order valence-corrected chi connectivity index (χ0v) is 9.17. The van der Waals surface area contributed by atoms with Gasteiger partial charge in [-0.15, -0.1) is 0 Å². The Kier molecular flexibility index (Phi) is 4.11. The molecule has 1 aromatic rings. The van der Waals surface area contributed by atoms with Crippen LogP contribution < -0.4 is 5.32 Å². The highest BCUT2D eigenvalue weighted by Gasteiger charge is 2.06. The molecule has 1 aromatic carbocycles. The van der Waals surface area contributed by atoms with Crippen molar-refractivity contribution < 1.29 is 5.11 Å². The Bertz CT molecular complexity index is 276. The Morgan fingerprint density at radius 3 is 2.29 bits per heavy atom. The molecule has 2 N–H and O–H groups in total. The fourth-order valence-electron chi connectivity index (χ4n) is 1.60. The summed E-state index contributed by atoms with van der Waals surface area (Å²) in [4.78, 5) is 0. The molecular formula is C12H19NO. The van der Waals surface area contributed by atoms with Crippen molar-refractivity contribution in [1.29, 1.82) is 0 Å². The van der Waals surface area contributed by atoms with E-state index in [4.69, 9.17) is 0 Å². The molecule has 0 saturated carbocycles. The van der Waals surface area contributed by atoms with E-state index >= 15 is 0 Å². The van der Waals surface area contributed by atoms with Gasteiger partial charge in [0, 0.05) is 6.54 Å². The van der Waals surface area contributed by atoms with Gasteiger partial charge < -0.3 is 10.4 Å². The number of aliphatic hydroxyl groups is 1. The number of aryl methyl sites for hydroxylation is 2. The van der Waals surface area contributed by atoms with Crippen LogP contribution >= 0.6 is 0 Å². The molecule has 0 aliphatic rings. The van der Waals surface area contributed by atoms with E-state index < -0.39 is 6.10 Å². The molecule has 14 heavy (non-hydrogen) atoms. The molecule has 0 aliphatic heterocycles. The van der Waals surface area contributed by atoms with Crippen LogP contribution in [0.5, 0.6) is 0 Å². The predicted molar refractivity (Wildman–Crippen MR) is 59.4 cm³/mol. The molecule has 1 unspecified atom stereocenters. The third-order valence-electron chi connectivity index (χ3n) is 2.22. The molecule has 0 aliphatic carbocycles. The van der Waals surface area contributed by atoms with Gasteiger partial charge in [-0.2, -0.15) is 0 Å². The van der Waals surface area contributed by atoms with Gasteiger partial charge in [0.1, 0.15) is 0 Å². The van der Waals surface area contributed by atoms with E-state index in [1.54, 1.807) is 0 Å². The topological polar surface area (TPSA) is 32.3 Å². The maximum absolute atomic E-state index is 9.84. The lowest BCUT2D eigenvalue weighted by molar-refractivity contribution is 0.175. The van der Waals surface area contributed by atoms with Crippen molar-refractivity contribution in [2.24, 2.45) is 0 Å². The molecule has 2 heteroatoms. The predicted octanol–water partition coefficient (Wildman–Crippen LogP) is 1.95. The number of hydrogen-bond donors (Lipinski definition) is 2. The number of aliphatic hydroxyl groups excluding tert-OH is 1. The fraction of sp³-hybridized carbons (Fsp3) is 0.500. The van der Waals surface area contributed by atoms with Crippen molar-refractivity contribution in [1.82, 2.24) is 5.32 Å². The molecule has 0 spiro atoms. The lowest BCUT2D eigenvalue weighted by Crippen LogP contribution is -2.20. The number of nitrogens with one attached hydrogen (secondary N) is 1. The number of benzene rings is 1. The second-order valence-electron chi connectivity index (χ2n) is 3.74. The summed E-state index contributed by atoms with van der Waals surface area (Å²) in [5, 5.41) is 13.0. The van der Waals surface area contributed by atoms with E-state index in [2.05, 4.69) is 25.2 Å². The first-order valence-electron chi connectivity index (χ1n) is 5.10. The zero-order valence-electron chi connectivity index (χ0n) is 9.17. The second-order valence-corrected chi connectivity index (χ2v) is 3.74. The van der Waals surface area contributed by atoms with E-state index in [0.717, 1.165) is 12.1 Å². The first-order valence-corrected chi connectivity index (χ1v) is 5.10. The third kappa shape index (κ3) is 3.13. The van der Waals surface area contributed by atoms with Crippen LogP contribution in [0, 0.1) is 13.8 Å². The molecule has 1 atom stereocenters. The highest BCUT2D eigenvalue weighted by Crippen LogP contribution is 2.16. The molecule has 0 fully saturated rings. The van der Waals surface area contributed by atoms with Crippen LogP contribution in [0.25, 0.3) is 0 Å². The van der Waals surface area contributed by atoms with Crippen molar-refractivity contribution >= 4 is 0 Å². The van der Waals surface area contributed by atoms with Gasteiger partial charge >= 0.3 is 0 Å². The Balaban J connectivity index is 2.73. The van der Waals surface area contributed by atoms with Crippen LogP contribution in [0.1, 0.15) is 29.7 Å². The van der Waals surface area contributed by atoms with Gasteiger partial charge in [0.2, 0.25) is 0 Å². The van der Waals surface area contributed by atoms with Crippen LogP contribution in [0.15, 0.2) is 18.2 Å². The van der Waals surface area contributed by atoms with E-state index in [1.807, 2.05) is 19.1 Å². The molecular weight excluding hydrogens is 174 g/mol. The first-order chi connectivity index (χ1) is 6.63. The third-order valence-corrected chi connectivity index (χ3v) is 2.22. The Morgan fingerprint density at radius 1 is 1.21 bits per heavy atom. The zero-order chi connectivity index (χ0) is 10.6.